The van der Waals surface area contributed by atoms with Crippen molar-refractivity contribution in [2.75, 3.05) is 13.1 Å². The maximum absolute atomic E-state index is 12.7. The predicted octanol–water partition coefficient (Wildman–Crippen LogP) is 2.97. The van der Waals surface area contributed by atoms with Crippen LogP contribution in [0.2, 0.25) is 5.02 Å². The molecule has 1 aromatic carbocycles. The van der Waals surface area contributed by atoms with Gasteiger partial charge in [-0.2, -0.15) is 0 Å². The Morgan fingerprint density at radius 3 is 2.79 bits per heavy atom. The highest BCUT2D eigenvalue weighted by atomic mass is 35.5. The number of halogens is 1. The van der Waals surface area contributed by atoms with E-state index < -0.39 is 0 Å². The highest BCUT2D eigenvalue weighted by Crippen LogP contribution is 2.27. The number of likely N-dealkylation sites (tertiary alicyclic amines) is 1. The third-order valence-corrected chi connectivity index (χ3v) is 4.94. The Labute approximate surface area is 144 Å². The smallest absolute Gasteiger partial charge is 0.270 e. The summed E-state index contributed by atoms with van der Waals surface area (Å²) in [7, 11) is 1.96. The molecule has 3 aromatic rings. The van der Waals surface area contributed by atoms with Crippen molar-refractivity contribution in [2.45, 2.75) is 18.8 Å². The van der Waals surface area contributed by atoms with Crippen molar-refractivity contribution in [1.29, 1.82) is 0 Å². The first-order valence-corrected chi connectivity index (χ1v) is 8.41. The number of carbonyl (C=O) groups excluding carboxylic acids is 1. The van der Waals surface area contributed by atoms with Crippen molar-refractivity contribution < 1.29 is 4.79 Å². The molecule has 0 atom stereocenters. The van der Waals surface area contributed by atoms with Crippen LogP contribution in [0.25, 0.3) is 10.9 Å². The van der Waals surface area contributed by atoms with Crippen LogP contribution in [0.1, 0.15) is 35.1 Å². The molecule has 1 fully saturated rings. The Morgan fingerprint density at radius 1 is 1.29 bits per heavy atom. The van der Waals surface area contributed by atoms with Gasteiger partial charge < -0.3 is 14.5 Å². The number of amides is 1. The minimum atomic E-state index is 0.0405. The highest BCUT2D eigenvalue weighted by Gasteiger charge is 2.27. The van der Waals surface area contributed by atoms with Gasteiger partial charge in [-0.25, -0.2) is 0 Å². The van der Waals surface area contributed by atoms with Crippen LogP contribution in [0.15, 0.2) is 30.6 Å². The van der Waals surface area contributed by atoms with Crippen LogP contribution in [0.4, 0.5) is 0 Å². The first-order chi connectivity index (χ1) is 11.6. The van der Waals surface area contributed by atoms with E-state index in [0.29, 0.717) is 16.6 Å². The summed E-state index contributed by atoms with van der Waals surface area (Å²) in [6.07, 6.45) is 3.54. The molecule has 3 heterocycles. The van der Waals surface area contributed by atoms with Crippen molar-refractivity contribution in [2.24, 2.45) is 7.05 Å². The molecule has 0 spiro atoms. The summed E-state index contributed by atoms with van der Waals surface area (Å²) in [5, 5.41) is 9.77. The number of carbonyl (C=O) groups is 1. The maximum Gasteiger partial charge on any atom is 0.270 e. The van der Waals surface area contributed by atoms with E-state index in [9.17, 15) is 4.79 Å². The molecule has 1 aliphatic rings. The third-order valence-electron chi connectivity index (χ3n) is 4.71. The van der Waals surface area contributed by atoms with Gasteiger partial charge in [0.2, 0.25) is 0 Å². The van der Waals surface area contributed by atoms with E-state index in [1.165, 1.54) is 0 Å². The zero-order valence-corrected chi connectivity index (χ0v) is 14.1. The van der Waals surface area contributed by atoms with E-state index in [-0.39, 0.29) is 5.91 Å². The lowest BCUT2D eigenvalue weighted by Crippen LogP contribution is -2.38. The normalized spacial score (nSPS) is 16.0. The van der Waals surface area contributed by atoms with Crippen molar-refractivity contribution in [3.8, 4) is 0 Å². The molecule has 0 aliphatic carbocycles. The molecule has 6 nitrogen and oxygen atoms in total. The van der Waals surface area contributed by atoms with Crippen molar-refractivity contribution in [3.05, 3.63) is 47.1 Å². The van der Waals surface area contributed by atoms with Crippen LogP contribution < -0.4 is 0 Å². The molecule has 1 N–H and O–H groups in total. The molecule has 2 aromatic heterocycles. The third kappa shape index (κ3) is 2.67. The summed E-state index contributed by atoms with van der Waals surface area (Å²) in [4.78, 5) is 17.8. The van der Waals surface area contributed by atoms with E-state index >= 15 is 0 Å². The lowest BCUT2D eigenvalue weighted by molar-refractivity contribution is 0.0705. The monoisotopic (exact) mass is 343 g/mol. The van der Waals surface area contributed by atoms with Crippen molar-refractivity contribution in [1.82, 2.24) is 24.6 Å². The molecule has 0 radical (unpaired) electrons. The van der Waals surface area contributed by atoms with Gasteiger partial charge in [0.15, 0.2) is 0 Å². The SMILES string of the molecule is Cn1cnnc1C1CCN(C(=O)c2cc3cc(Cl)ccc3[nH]2)CC1. The number of aromatic amines is 1. The summed E-state index contributed by atoms with van der Waals surface area (Å²) in [6.45, 7) is 1.46. The number of fused-ring (bicyclic) bond motifs is 1. The minimum Gasteiger partial charge on any atom is -0.351 e. The van der Waals surface area contributed by atoms with Crippen LogP contribution in [-0.2, 0) is 7.05 Å². The Morgan fingerprint density at radius 2 is 2.08 bits per heavy atom. The fourth-order valence-electron chi connectivity index (χ4n) is 3.39. The van der Waals surface area contributed by atoms with Gasteiger partial charge >= 0.3 is 0 Å². The number of benzene rings is 1. The van der Waals surface area contributed by atoms with Crippen LogP contribution in [-0.4, -0.2) is 43.6 Å². The van der Waals surface area contributed by atoms with Gasteiger partial charge in [-0.15, -0.1) is 10.2 Å². The molecule has 1 saturated heterocycles. The summed E-state index contributed by atoms with van der Waals surface area (Å²) in [5.74, 6) is 1.41. The van der Waals surface area contributed by atoms with Gasteiger partial charge in [0.25, 0.3) is 5.91 Å². The Kier molecular flexibility index (Phi) is 3.76. The summed E-state index contributed by atoms with van der Waals surface area (Å²) in [6, 6.07) is 7.46. The van der Waals surface area contributed by atoms with Crippen LogP contribution in [0, 0.1) is 0 Å². The van der Waals surface area contributed by atoms with E-state index in [4.69, 9.17) is 11.6 Å². The number of nitrogens with zero attached hydrogens (tertiary/aromatic N) is 4. The second kappa shape index (κ2) is 5.94. The predicted molar refractivity (Wildman–Crippen MR) is 92.2 cm³/mol. The van der Waals surface area contributed by atoms with E-state index in [2.05, 4.69) is 15.2 Å². The number of aryl methyl sites for hydroxylation is 1. The molecule has 4 rings (SSSR count). The largest absolute Gasteiger partial charge is 0.351 e. The number of nitrogens with one attached hydrogen (secondary N) is 1. The highest BCUT2D eigenvalue weighted by molar-refractivity contribution is 6.31. The fourth-order valence-corrected chi connectivity index (χ4v) is 3.57. The van der Waals surface area contributed by atoms with Crippen molar-refractivity contribution >= 4 is 28.4 Å². The molecule has 0 bridgehead atoms. The summed E-state index contributed by atoms with van der Waals surface area (Å²) >= 11 is 6.01. The maximum atomic E-state index is 12.7. The molecular formula is C17H18ClN5O. The van der Waals surface area contributed by atoms with Gasteiger partial charge in [0.05, 0.1) is 0 Å². The lowest BCUT2D eigenvalue weighted by atomic mass is 9.96. The van der Waals surface area contributed by atoms with Crippen LogP contribution >= 0.6 is 11.6 Å². The lowest BCUT2D eigenvalue weighted by Gasteiger charge is -2.31. The van der Waals surface area contributed by atoms with E-state index in [1.54, 1.807) is 6.33 Å². The topological polar surface area (TPSA) is 66.8 Å². The number of H-pyrrole nitrogens is 1. The summed E-state index contributed by atoms with van der Waals surface area (Å²) < 4.78 is 1.96. The standard InChI is InChI=1S/C17H18ClN5O/c1-22-10-19-21-16(22)11-4-6-23(7-5-11)17(24)15-9-12-8-13(18)2-3-14(12)20-15/h2-3,8-11,20H,4-7H2,1H3. The quantitative estimate of drug-likeness (QED) is 0.777. The Hall–Kier alpha value is -2.34. The molecule has 1 amide bonds. The second-order valence-electron chi connectivity index (χ2n) is 6.28. The van der Waals surface area contributed by atoms with E-state index in [0.717, 1.165) is 42.7 Å². The zero-order valence-electron chi connectivity index (χ0n) is 13.4. The van der Waals surface area contributed by atoms with Gasteiger partial charge in [-0.3, -0.25) is 4.79 Å². The first-order valence-electron chi connectivity index (χ1n) is 8.03. The van der Waals surface area contributed by atoms with Gasteiger partial charge in [0.1, 0.15) is 17.8 Å². The van der Waals surface area contributed by atoms with Gasteiger partial charge in [0, 0.05) is 42.0 Å². The molecule has 1 aliphatic heterocycles. The van der Waals surface area contributed by atoms with Gasteiger partial charge in [-0.1, -0.05) is 11.6 Å². The van der Waals surface area contributed by atoms with E-state index in [1.807, 2.05) is 40.8 Å². The fraction of sp³-hybridized carbons (Fsp3) is 0.353. The Balaban J connectivity index is 1.48. The van der Waals surface area contributed by atoms with Crippen molar-refractivity contribution in [3.63, 3.8) is 0 Å². The molecule has 24 heavy (non-hydrogen) atoms. The van der Waals surface area contributed by atoms with Crippen LogP contribution in [0.5, 0.6) is 0 Å². The number of piperidine rings is 1. The average molecular weight is 344 g/mol. The second-order valence-corrected chi connectivity index (χ2v) is 6.72. The Bertz CT molecular complexity index is 891. The average Bonchev–Trinajstić information content (AvgIpc) is 3.20. The molecule has 0 unspecified atom stereocenters. The summed E-state index contributed by atoms with van der Waals surface area (Å²) in [5.41, 5.74) is 1.54. The van der Waals surface area contributed by atoms with Crippen LogP contribution in [0.3, 0.4) is 0 Å². The first kappa shape index (κ1) is 15.2. The van der Waals surface area contributed by atoms with Gasteiger partial charge in [-0.05, 0) is 37.1 Å². The molecule has 7 heteroatoms. The number of hydrogen-bond acceptors (Lipinski definition) is 3. The number of hydrogen-bond donors (Lipinski definition) is 1. The number of aromatic nitrogens is 4. The minimum absolute atomic E-state index is 0.0405. The number of rotatable bonds is 2. The molecular weight excluding hydrogens is 326 g/mol. The molecule has 0 saturated carbocycles. The zero-order chi connectivity index (χ0) is 16.7. The molecule has 124 valence electrons.